The quantitative estimate of drug-likeness (QED) is 0.915. The SMILES string of the molecule is CC(C)(C)c1nc(CN2CCC(CN)CC2)cs1. The van der Waals surface area contributed by atoms with Gasteiger partial charge < -0.3 is 5.73 Å². The third kappa shape index (κ3) is 3.53. The number of rotatable bonds is 3. The molecule has 0 amide bonds. The number of likely N-dealkylation sites (tertiary alicyclic amines) is 1. The van der Waals surface area contributed by atoms with Crippen LogP contribution in [0.2, 0.25) is 0 Å². The molecule has 0 bridgehead atoms. The van der Waals surface area contributed by atoms with Crippen molar-refractivity contribution < 1.29 is 0 Å². The van der Waals surface area contributed by atoms with Crippen molar-refractivity contribution >= 4 is 11.3 Å². The second kappa shape index (κ2) is 5.68. The zero-order chi connectivity index (χ0) is 13.2. The highest BCUT2D eigenvalue weighted by Gasteiger charge is 2.21. The molecule has 1 fully saturated rings. The van der Waals surface area contributed by atoms with Crippen LogP contribution in [0.5, 0.6) is 0 Å². The molecule has 0 atom stereocenters. The van der Waals surface area contributed by atoms with Gasteiger partial charge in [-0.3, -0.25) is 4.90 Å². The standard InChI is InChI=1S/C14H25N3S/c1-14(2,3)13-16-12(10-18-13)9-17-6-4-11(8-15)5-7-17/h10-11H,4-9,15H2,1-3H3. The van der Waals surface area contributed by atoms with Crippen LogP contribution in [0.4, 0.5) is 0 Å². The van der Waals surface area contributed by atoms with Gasteiger partial charge in [0, 0.05) is 17.3 Å². The van der Waals surface area contributed by atoms with Crippen LogP contribution in [0.1, 0.15) is 44.3 Å². The molecule has 0 spiro atoms. The Labute approximate surface area is 114 Å². The van der Waals surface area contributed by atoms with E-state index in [1.165, 1.54) is 36.6 Å². The van der Waals surface area contributed by atoms with Gasteiger partial charge in [-0.1, -0.05) is 20.8 Å². The fourth-order valence-electron chi connectivity index (χ4n) is 2.33. The van der Waals surface area contributed by atoms with Crippen molar-refractivity contribution in [1.82, 2.24) is 9.88 Å². The molecule has 1 aliphatic heterocycles. The molecule has 0 saturated carbocycles. The van der Waals surface area contributed by atoms with Crippen molar-refractivity contribution in [3.8, 4) is 0 Å². The summed E-state index contributed by atoms with van der Waals surface area (Å²) in [7, 11) is 0. The monoisotopic (exact) mass is 267 g/mol. The molecule has 102 valence electrons. The molecule has 0 radical (unpaired) electrons. The zero-order valence-corrected chi connectivity index (χ0v) is 12.6. The largest absolute Gasteiger partial charge is 0.330 e. The van der Waals surface area contributed by atoms with E-state index in [9.17, 15) is 0 Å². The molecule has 1 aromatic rings. The van der Waals surface area contributed by atoms with Crippen molar-refractivity contribution in [2.45, 2.75) is 45.6 Å². The number of nitrogens with two attached hydrogens (primary N) is 1. The second-order valence-electron chi connectivity index (χ2n) is 6.35. The molecule has 2 heterocycles. The van der Waals surface area contributed by atoms with Gasteiger partial charge in [-0.05, 0) is 38.4 Å². The van der Waals surface area contributed by atoms with Gasteiger partial charge in [-0.2, -0.15) is 0 Å². The maximum atomic E-state index is 5.72. The Morgan fingerprint density at radius 2 is 2.06 bits per heavy atom. The Morgan fingerprint density at radius 1 is 1.39 bits per heavy atom. The summed E-state index contributed by atoms with van der Waals surface area (Å²) in [5.41, 5.74) is 7.13. The van der Waals surface area contributed by atoms with E-state index in [4.69, 9.17) is 10.7 Å². The van der Waals surface area contributed by atoms with Gasteiger partial charge in [0.1, 0.15) is 0 Å². The average Bonchev–Trinajstić information content (AvgIpc) is 2.78. The van der Waals surface area contributed by atoms with E-state index in [2.05, 4.69) is 31.1 Å². The van der Waals surface area contributed by atoms with Gasteiger partial charge >= 0.3 is 0 Å². The van der Waals surface area contributed by atoms with Crippen LogP contribution < -0.4 is 5.73 Å². The van der Waals surface area contributed by atoms with E-state index in [1.54, 1.807) is 11.3 Å². The summed E-state index contributed by atoms with van der Waals surface area (Å²) in [5.74, 6) is 0.738. The lowest BCUT2D eigenvalue weighted by Gasteiger charge is -2.30. The molecule has 4 heteroatoms. The average molecular weight is 267 g/mol. The van der Waals surface area contributed by atoms with Crippen molar-refractivity contribution in [2.75, 3.05) is 19.6 Å². The third-order valence-electron chi connectivity index (χ3n) is 3.62. The van der Waals surface area contributed by atoms with E-state index >= 15 is 0 Å². The lowest BCUT2D eigenvalue weighted by atomic mass is 9.97. The fourth-order valence-corrected chi connectivity index (χ4v) is 3.23. The Balaban J connectivity index is 1.89. The van der Waals surface area contributed by atoms with Crippen molar-refractivity contribution in [2.24, 2.45) is 11.7 Å². The molecule has 2 rings (SSSR count). The zero-order valence-electron chi connectivity index (χ0n) is 11.8. The summed E-state index contributed by atoms with van der Waals surface area (Å²) in [4.78, 5) is 7.27. The maximum Gasteiger partial charge on any atom is 0.0982 e. The van der Waals surface area contributed by atoms with E-state index in [-0.39, 0.29) is 5.41 Å². The summed E-state index contributed by atoms with van der Waals surface area (Å²) in [6.07, 6.45) is 2.49. The molecule has 0 unspecified atom stereocenters. The van der Waals surface area contributed by atoms with Gasteiger partial charge in [0.2, 0.25) is 0 Å². The van der Waals surface area contributed by atoms with E-state index in [1.807, 2.05) is 0 Å². The Kier molecular flexibility index (Phi) is 4.41. The highest BCUT2D eigenvalue weighted by Crippen LogP contribution is 2.26. The first-order chi connectivity index (χ1) is 8.49. The predicted molar refractivity (Wildman–Crippen MR) is 77.9 cm³/mol. The van der Waals surface area contributed by atoms with Crippen LogP contribution in [-0.2, 0) is 12.0 Å². The lowest BCUT2D eigenvalue weighted by Crippen LogP contribution is -2.35. The van der Waals surface area contributed by atoms with Crippen LogP contribution in [0.3, 0.4) is 0 Å². The molecule has 0 aliphatic carbocycles. The fraction of sp³-hybridized carbons (Fsp3) is 0.786. The van der Waals surface area contributed by atoms with Crippen molar-refractivity contribution in [3.63, 3.8) is 0 Å². The van der Waals surface area contributed by atoms with Gasteiger partial charge in [0.05, 0.1) is 10.7 Å². The molecule has 1 aliphatic rings. The molecular formula is C14H25N3S. The number of aromatic nitrogens is 1. The summed E-state index contributed by atoms with van der Waals surface area (Å²) < 4.78 is 0. The minimum Gasteiger partial charge on any atom is -0.330 e. The van der Waals surface area contributed by atoms with Gasteiger partial charge in [-0.25, -0.2) is 4.98 Å². The van der Waals surface area contributed by atoms with Crippen LogP contribution in [0, 0.1) is 5.92 Å². The summed E-state index contributed by atoms with van der Waals surface area (Å²) in [6.45, 7) is 10.9. The van der Waals surface area contributed by atoms with E-state index < -0.39 is 0 Å². The summed E-state index contributed by atoms with van der Waals surface area (Å²) in [5, 5.41) is 3.46. The lowest BCUT2D eigenvalue weighted by molar-refractivity contribution is 0.179. The van der Waals surface area contributed by atoms with Crippen LogP contribution in [0.25, 0.3) is 0 Å². The molecular weight excluding hydrogens is 242 g/mol. The van der Waals surface area contributed by atoms with Gasteiger partial charge in [-0.15, -0.1) is 11.3 Å². The van der Waals surface area contributed by atoms with Crippen LogP contribution >= 0.6 is 11.3 Å². The third-order valence-corrected chi connectivity index (χ3v) is 4.94. The minimum atomic E-state index is 0.176. The number of hydrogen-bond acceptors (Lipinski definition) is 4. The Bertz CT molecular complexity index is 373. The molecule has 0 aromatic carbocycles. The van der Waals surface area contributed by atoms with E-state index in [0.717, 1.165) is 19.0 Å². The van der Waals surface area contributed by atoms with Crippen molar-refractivity contribution in [1.29, 1.82) is 0 Å². The molecule has 2 N–H and O–H groups in total. The molecule has 1 saturated heterocycles. The number of hydrogen-bond donors (Lipinski definition) is 1. The second-order valence-corrected chi connectivity index (χ2v) is 7.21. The highest BCUT2D eigenvalue weighted by molar-refractivity contribution is 7.09. The van der Waals surface area contributed by atoms with Crippen molar-refractivity contribution in [3.05, 3.63) is 16.1 Å². The first-order valence-electron chi connectivity index (χ1n) is 6.86. The number of piperidine rings is 1. The molecule has 3 nitrogen and oxygen atoms in total. The van der Waals surface area contributed by atoms with E-state index in [0.29, 0.717) is 0 Å². The summed E-state index contributed by atoms with van der Waals surface area (Å²) in [6, 6.07) is 0. The number of thiazole rings is 1. The van der Waals surface area contributed by atoms with Crippen LogP contribution in [0.15, 0.2) is 5.38 Å². The smallest absolute Gasteiger partial charge is 0.0982 e. The summed E-state index contributed by atoms with van der Waals surface area (Å²) >= 11 is 1.79. The molecule has 18 heavy (non-hydrogen) atoms. The predicted octanol–water partition coefficient (Wildman–Crippen LogP) is 2.61. The first kappa shape index (κ1) is 14.0. The molecule has 1 aromatic heterocycles. The minimum absolute atomic E-state index is 0.176. The number of nitrogens with zero attached hydrogens (tertiary/aromatic N) is 2. The Hall–Kier alpha value is -0.450. The Morgan fingerprint density at radius 3 is 2.56 bits per heavy atom. The highest BCUT2D eigenvalue weighted by atomic mass is 32.1. The van der Waals surface area contributed by atoms with Crippen LogP contribution in [-0.4, -0.2) is 29.5 Å². The first-order valence-corrected chi connectivity index (χ1v) is 7.74. The van der Waals surface area contributed by atoms with Gasteiger partial charge in [0.15, 0.2) is 0 Å². The van der Waals surface area contributed by atoms with Gasteiger partial charge in [0.25, 0.3) is 0 Å². The normalized spacial score (nSPS) is 19.3. The topological polar surface area (TPSA) is 42.2 Å². The maximum absolute atomic E-state index is 5.72.